The molecule has 1 aromatic carbocycles. The Morgan fingerprint density at radius 3 is 2.53 bits per heavy atom. The van der Waals surface area contributed by atoms with Gasteiger partial charge in [-0.3, -0.25) is 9.59 Å². The van der Waals surface area contributed by atoms with Crippen molar-refractivity contribution >= 4 is 17.9 Å². The Morgan fingerprint density at radius 2 is 2.06 bits per heavy atom. The second-order valence-electron chi connectivity index (χ2n) is 2.96. The largest absolute Gasteiger partial charge is 0.454 e. The molecule has 17 heavy (non-hydrogen) atoms. The molecule has 0 spiro atoms. The van der Waals surface area contributed by atoms with Crippen LogP contribution in [-0.4, -0.2) is 18.4 Å². The van der Waals surface area contributed by atoms with Crippen molar-refractivity contribution in [2.75, 3.05) is 5.32 Å². The van der Waals surface area contributed by atoms with E-state index in [9.17, 15) is 22.8 Å². The topological polar surface area (TPSA) is 70.0 Å². The first-order valence-electron chi connectivity index (χ1n) is 4.26. The summed E-state index contributed by atoms with van der Waals surface area (Å²) in [5.74, 6) is -2.11. The Kier molecular flexibility index (Phi) is 3.48. The normalized spacial score (nSPS) is 10.5. The van der Waals surface area contributed by atoms with E-state index in [2.05, 4.69) is 0 Å². The lowest BCUT2D eigenvalue weighted by atomic mass is 10.0. The fourth-order valence-electron chi connectivity index (χ4n) is 1.14. The number of carbonyl (C=O) groups excluding carboxylic acids is 2. The van der Waals surface area contributed by atoms with E-state index in [0.717, 1.165) is 12.1 Å². The summed E-state index contributed by atoms with van der Waals surface area (Å²) < 4.78 is 36.7. The standard InChI is InChI=1S/C10H5F3N2O2/c11-10(12,13)9(17)7-3-6(4-14)1-2-8(7)15-5-16/h1-3,5H,(H,15,16). The maximum atomic E-state index is 12.2. The number of alkyl halides is 3. The van der Waals surface area contributed by atoms with Crippen molar-refractivity contribution in [1.29, 1.82) is 5.26 Å². The monoisotopic (exact) mass is 242 g/mol. The number of nitrogens with zero attached hydrogens (tertiary/aromatic N) is 1. The smallest absolute Gasteiger partial charge is 0.328 e. The number of Topliss-reactive ketones (excluding diaryl/α,β-unsaturated/α-hetero) is 1. The Hall–Kier alpha value is -2.36. The summed E-state index contributed by atoms with van der Waals surface area (Å²) in [5.41, 5.74) is -1.15. The van der Waals surface area contributed by atoms with Crippen molar-refractivity contribution in [2.24, 2.45) is 0 Å². The summed E-state index contributed by atoms with van der Waals surface area (Å²) in [7, 11) is 0. The van der Waals surface area contributed by atoms with Gasteiger partial charge < -0.3 is 5.32 Å². The number of hydrogen-bond donors (Lipinski definition) is 1. The third-order valence-corrected chi connectivity index (χ3v) is 1.87. The first kappa shape index (κ1) is 12.7. The number of benzene rings is 1. The van der Waals surface area contributed by atoms with E-state index in [-0.39, 0.29) is 17.7 Å². The quantitative estimate of drug-likeness (QED) is 0.649. The van der Waals surface area contributed by atoms with Crippen LogP contribution in [0.3, 0.4) is 0 Å². The van der Waals surface area contributed by atoms with Crippen molar-refractivity contribution in [3.8, 4) is 6.07 Å². The third kappa shape index (κ3) is 2.81. The molecule has 0 radical (unpaired) electrons. The van der Waals surface area contributed by atoms with E-state index in [4.69, 9.17) is 5.26 Å². The van der Waals surface area contributed by atoms with E-state index in [0.29, 0.717) is 0 Å². The average molecular weight is 242 g/mol. The minimum Gasteiger partial charge on any atom is -0.328 e. The van der Waals surface area contributed by atoms with Gasteiger partial charge in [0.25, 0.3) is 5.78 Å². The molecular weight excluding hydrogens is 237 g/mol. The number of nitrogens with one attached hydrogen (secondary N) is 1. The Bertz CT molecular complexity index is 503. The van der Waals surface area contributed by atoms with Crippen molar-refractivity contribution < 1.29 is 22.8 Å². The molecule has 0 heterocycles. The summed E-state index contributed by atoms with van der Waals surface area (Å²) in [4.78, 5) is 21.2. The molecule has 1 rings (SSSR count). The number of amides is 1. The van der Waals surface area contributed by atoms with Crippen LogP contribution >= 0.6 is 0 Å². The average Bonchev–Trinajstić information content (AvgIpc) is 2.28. The molecule has 0 aliphatic rings. The number of anilines is 1. The van der Waals surface area contributed by atoms with Crippen molar-refractivity contribution in [3.63, 3.8) is 0 Å². The molecular formula is C10H5F3N2O2. The van der Waals surface area contributed by atoms with Gasteiger partial charge in [-0.05, 0) is 18.2 Å². The molecule has 0 atom stereocenters. The Morgan fingerprint density at radius 1 is 1.41 bits per heavy atom. The van der Waals surface area contributed by atoms with E-state index >= 15 is 0 Å². The fourth-order valence-corrected chi connectivity index (χ4v) is 1.14. The lowest BCUT2D eigenvalue weighted by molar-refractivity contribution is -0.105. The van der Waals surface area contributed by atoms with Crippen LogP contribution in [0.15, 0.2) is 18.2 Å². The molecule has 0 aromatic heterocycles. The molecule has 4 nitrogen and oxygen atoms in total. The first-order chi connectivity index (χ1) is 7.90. The molecule has 1 N–H and O–H groups in total. The maximum Gasteiger partial charge on any atom is 0.454 e. The van der Waals surface area contributed by atoms with Gasteiger partial charge in [0.05, 0.1) is 22.9 Å². The van der Waals surface area contributed by atoms with Crippen LogP contribution in [0.4, 0.5) is 18.9 Å². The van der Waals surface area contributed by atoms with Gasteiger partial charge >= 0.3 is 6.18 Å². The number of carbonyl (C=O) groups is 2. The van der Waals surface area contributed by atoms with E-state index in [1.807, 2.05) is 5.32 Å². The first-order valence-corrected chi connectivity index (χ1v) is 4.26. The Balaban J connectivity index is 3.32. The summed E-state index contributed by atoms with van der Waals surface area (Å²) in [6, 6.07) is 4.64. The highest BCUT2D eigenvalue weighted by molar-refractivity contribution is 6.06. The van der Waals surface area contributed by atoms with Gasteiger partial charge in [-0.25, -0.2) is 0 Å². The van der Waals surface area contributed by atoms with Crippen molar-refractivity contribution in [3.05, 3.63) is 29.3 Å². The number of nitriles is 1. The third-order valence-electron chi connectivity index (χ3n) is 1.87. The molecule has 0 aliphatic heterocycles. The number of halogens is 3. The molecule has 1 aromatic rings. The highest BCUT2D eigenvalue weighted by atomic mass is 19.4. The molecule has 0 saturated carbocycles. The van der Waals surface area contributed by atoms with Crippen LogP contribution < -0.4 is 5.32 Å². The SMILES string of the molecule is N#Cc1ccc(NC=O)c(C(=O)C(F)(F)F)c1. The Labute approximate surface area is 93.7 Å². The van der Waals surface area contributed by atoms with E-state index < -0.39 is 17.5 Å². The van der Waals surface area contributed by atoms with E-state index in [1.54, 1.807) is 6.07 Å². The highest BCUT2D eigenvalue weighted by Crippen LogP contribution is 2.26. The van der Waals surface area contributed by atoms with Gasteiger partial charge in [-0.2, -0.15) is 18.4 Å². The minimum atomic E-state index is -5.06. The molecule has 0 aliphatic carbocycles. The molecule has 88 valence electrons. The molecule has 0 bridgehead atoms. The minimum absolute atomic E-state index is 0.103. The van der Waals surface area contributed by atoms with Gasteiger partial charge in [0.2, 0.25) is 6.41 Å². The second-order valence-corrected chi connectivity index (χ2v) is 2.96. The zero-order valence-corrected chi connectivity index (χ0v) is 8.21. The summed E-state index contributed by atoms with van der Waals surface area (Å²) in [5, 5.41) is 10.5. The zero-order chi connectivity index (χ0) is 13.1. The van der Waals surface area contributed by atoms with Gasteiger partial charge in [0, 0.05) is 0 Å². The second kappa shape index (κ2) is 4.65. The predicted molar refractivity (Wildman–Crippen MR) is 51.2 cm³/mol. The van der Waals surface area contributed by atoms with Gasteiger partial charge in [0.1, 0.15) is 0 Å². The van der Waals surface area contributed by atoms with Gasteiger partial charge in [-0.15, -0.1) is 0 Å². The van der Waals surface area contributed by atoms with Gasteiger partial charge in [-0.1, -0.05) is 0 Å². The molecule has 1 amide bonds. The van der Waals surface area contributed by atoms with Crippen molar-refractivity contribution in [2.45, 2.75) is 6.18 Å². The lowest BCUT2D eigenvalue weighted by Gasteiger charge is -2.09. The van der Waals surface area contributed by atoms with Crippen LogP contribution in [0.25, 0.3) is 0 Å². The van der Waals surface area contributed by atoms with Crippen molar-refractivity contribution in [1.82, 2.24) is 0 Å². The summed E-state index contributed by atoms with van der Waals surface area (Å²) in [6.07, 6.45) is -4.91. The van der Waals surface area contributed by atoms with Crippen LogP contribution in [0, 0.1) is 11.3 Å². The molecule has 0 fully saturated rings. The number of rotatable bonds is 3. The van der Waals surface area contributed by atoms with Crippen LogP contribution in [-0.2, 0) is 4.79 Å². The van der Waals surface area contributed by atoms with E-state index in [1.165, 1.54) is 6.07 Å². The predicted octanol–water partition coefficient (Wildman–Crippen LogP) is 1.87. The molecule has 0 unspecified atom stereocenters. The lowest BCUT2D eigenvalue weighted by Crippen LogP contribution is -2.24. The molecule has 0 saturated heterocycles. The fraction of sp³-hybridized carbons (Fsp3) is 0.100. The summed E-state index contributed by atoms with van der Waals surface area (Å²) >= 11 is 0. The summed E-state index contributed by atoms with van der Waals surface area (Å²) in [6.45, 7) is 0. The van der Waals surface area contributed by atoms with Crippen LogP contribution in [0.5, 0.6) is 0 Å². The maximum absolute atomic E-state index is 12.2. The van der Waals surface area contributed by atoms with Gasteiger partial charge in [0.15, 0.2) is 0 Å². The van der Waals surface area contributed by atoms with Crippen LogP contribution in [0.2, 0.25) is 0 Å². The highest BCUT2D eigenvalue weighted by Gasteiger charge is 2.40. The molecule has 7 heteroatoms. The number of ketones is 1. The number of hydrogen-bond acceptors (Lipinski definition) is 3. The van der Waals surface area contributed by atoms with Crippen LogP contribution in [0.1, 0.15) is 15.9 Å². The zero-order valence-electron chi connectivity index (χ0n) is 8.21.